The number of carbonyl (C=O) groups excluding carboxylic acids is 2. The molecule has 1 aliphatic carbocycles. The van der Waals surface area contributed by atoms with Crippen LogP contribution in [0.3, 0.4) is 0 Å². The Hall–Kier alpha value is -2.89. The second-order valence-corrected chi connectivity index (χ2v) is 8.15. The van der Waals surface area contributed by atoms with Crippen LogP contribution >= 0.6 is 0 Å². The number of hydrogen-bond acceptors (Lipinski definition) is 3. The zero-order chi connectivity index (χ0) is 20.9. The maximum atomic E-state index is 13.2. The largest absolute Gasteiger partial charge is 0.480 e. The van der Waals surface area contributed by atoms with Gasteiger partial charge in [0.05, 0.1) is 0 Å². The van der Waals surface area contributed by atoms with Crippen LogP contribution in [0.2, 0.25) is 0 Å². The molecule has 1 saturated carbocycles. The third-order valence-electron chi connectivity index (χ3n) is 5.99. The van der Waals surface area contributed by atoms with Crippen molar-refractivity contribution in [3.63, 3.8) is 0 Å². The molecule has 0 radical (unpaired) electrons. The number of amides is 2. The van der Waals surface area contributed by atoms with Crippen molar-refractivity contribution in [2.45, 2.75) is 50.7 Å². The first-order chi connectivity index (χ1) is 14.6. The summed E-state index contributed by atoms with van der Waals surface area (Å²) < 4.78 is 19.0. The summed E-state index contributed by atoms with van der Waals surface area (Å²) in [6, 6.07) is 14.3. The molecule has 2 aliphatic rings. The molecule has 1 heterocycles. The summed E-state index contributed by atoms with van der Waals surface area (Å²) in [5.74, 6) is 0.472. The quantitative estimate of drug-likeness (QED) is 0.769. The number of carbonyl (C=O) groups is 2. The van der Waals surface area contributed by atoms with E-state index in [0.29, 0.717) is 19.4 Å². The Bertz CT molecular complexity index is 884. The van der Waals surface area contributed by atoms with Gasteiger partial charge in [0.2, 0.25) is 5.91 Å². The van der Waals surface area contributed by atoms with Gasteiger partial charge in [-0.3, -0.25) is 9.59 Å². The van der Waals surface area contributed by atoms with Crippen molar-refractivity contribution in [2.75, 3.05) is 6.54 Å². The first kappa shape index (κ1) is 20.4. The lowest BCUT2D eigenvalue weighted by Crippen LogP contribution is -2.45. The van der Waals surface area contributed by atoms with Crippen molar-refractivity contribution >= 4 is 11.8 Å². The van der Waals surface area contributed by atoms with E-state index in [-0.39, 0.29) is 29.6 Å². The van der Waals surface area contributed by atoms with Gasteiger partial charge in [0.15, 0.2) is 6.10 Å². The predicted molar refractivity (Wildman–Crippen MR) is 112 cm³/mol. The molecule has 5 nitrogen and oxygen atoms in total. The molecule has 6 heteroatoms. The molecule has 1 aliphatic heterocycles. The third-order valence-corrected chi connectivity index (χ3v) is 5.99. The highest BCUT2D eigenvalue weighted by atomic mass is 19.1. The SMILES string of the molecule is O=C(NCCc1cccc(F)c1)C1CCC(NC(=O)C2Cc3ccccc3O2)CC1. The van der Waals surface area contributed by atoms with Gasteiger partial charge in [-0.15, -0.1) is 0 Å². The van der Waals surface area contributed by atoms with Crippen molar-refractivity contribution in [3.8, 4) is 5.75 Å². The number of para-hydroxylation sites is 1. The third kappa shape index (κ3) is 4.99. The fourth-order valence-corrected chi connectivity index (χ4v) is 4.29. The Morgan fingerprint density at radius 3 is 2.57 bits per heavy atom. The molecule has 4 rings (SSSR count). The van der Waals surface area contributed by atoms with E-state index in [4.69, 9.17) is 4.74 Å². The Labute approximate surface area is 176 Å². The van der Waals surface area contributed by atoms with E-state index in [9.17, 15) is 14.0 Å². The number of fused-ring (bicyclic) bond motifs is 1. The predicted octanol–water partition coefficient (Wildman–Crippen LogP) is 3.16. The molecule has 1 atom stereocenters. The van der Waals surface area contributed by atoms with Gasteiger partial charge in [0.25, 0.3) is 5.91 Å². The molecule has 1 unspecified atom stereocenters. The van der Waals surface area contributed by atoms with E-state index in [2.05, 4.69) is 10.6 Å². The fraction of sp³-hybridized carbons (Fsp3) is 0.417. The maximum Gasteiger partial charge on any atom is 0.261 e. The van der Waals surface area contributed by atoms with E-state index in [0.717, 1.165) is 42.6 Å². The van der Waals surface area contributed by atoms with Crippen LogP contribution in [0, 0.1) is 11.7 Å². The van der Waals surface area contributed by atoms with Crippen molar-refractivity contribution in [1.82, 2.24) is 10.6 Å². The van der Waals surface area contributed by atoms with E-state index >= 15 is 0 Å². The lowest BCUT2D eigenvalue weighted by atomic mass is 9.85. The summed E-state index contributed by atoms with van der Waals surface area (Å²) in [6.07, 6.45) is 3.82. The topological polar surface area (TPSA) is 67.4 Å². The van der Waals surface area contributed by atoms with E-state index in [1.54, 1.807) is 6.07 Å². The van der Waals surface area contributed by atoms with E-state index in [1.807, 2.05) is 30.3 Å². The lowest BCUT2D eigenvalue weighted by molar-refractivity contribution is -0.128. The number of nitrogens with one attached hydrogen (secondary N) is 2. The number of rotatable bonds is 6. The van der Waals surface area contributed by atoms with Crippen LogP contribution in [0.25, 0.3) is 0 Å². The zero-order valence-electron chi connectivity index (χ0n) is 16.9. The van der Waals surface area contributed by atoms with Gasteiger partial charge in [0, 0.05) is 24.9 Å². The first-order valence-corrected chi connectivity index (χ1v) is 10.7. The summed E-state index contributed by atoms with van der Waals surface area (Å²) in [4.78, 5) is 25.0. The molecule has 1 fully saturated rings. The minimum atomic E-state index is -0.466. The number of halogens is 1. The molecule has 0 aromatic heterocycles. The monoisotopic (exact) mass is 410 g/mol. The average molecular weight is 410 g/mol. The van der Waals surface area contributed by atoms with Crippen LogP contribution in [-0.2, 0) is 22.4 Å². The summed E-state index contributed by atoms with van der Waals surface area (Å²) >= 11 is 0. The van der Waals surface area contributed by atoms with Gasteiger partial charge < -0.3 is 15.4 Å². The highest BCUT2D eigenvalue weighted by Gasteiger charge is 2.32. The number of ether oxygens (including phenoxy) is 1. The van der Waals surface area contributed by atoms with Crippen molar-refractivity contribution in [2.24, 2.45) is 5.92 Å². The van der Waals surface area contributed by atoms with E-state index in [1.165, 1.54) is 12.1 Å². The van der Waals surface area contributed by atoms with Crippen LogP contribution in [0.5, 0.6) is 5.75 Å². The minimum absolute atomic E-state index is 0.0300. The molecule has 2 aromatic rings. The molecular weight excluding hydrogens is 383 g/mol. The Morgan fingerprint density at radius 1 is 1.00 bits per heavy atom. The van der Waals surface area contributed by atoms with Gasteiger partial charge in [0.1, 0.15) is 11.6 Å². The fourth-order valence-electron chi connectivity index (χ4n) is 4.29. The number of benzene rings is 2. The Balaban J connectivity index is 1.17. The normalized spacial score (nSPS) is 22.6. The first-order valence-electron chi connectivity index (χ1n) is 10.7. The molecule has 0 spiro atoms. The van der Waals surface area contributed by atoms with Crippen molar-refractivity contribution in [1.29, 1.82) is 0 Å². The summed E-state index contributed by atoms with van der Waals surface area (Å²) in [6.45, 7) is 0.499. The standard InChI is InChI=1S/C24H27FN2O3/c25-19-6-3-4-16(14-19)12-13-26-23(28)17-8-10-20(11-9-17)27-24(29)22-15-18-5-1-2-7-21(18)30-22/h1-7,14,17,20,22H,8-13,15H2,(H,26,28)(H,27,29). The molecule has 2 N–H and O–H groups in total. The summed E-state index contributed by atoms with van der Waals surface area (Å²) in [7, 11) is 0. The molecule has 158 valence electrons. The molecule has 2 amide bonds. The van der Waals surface area contributed by atoms with Crippen LogP contribution in [0.1, 0.15) is 36.8 Å². The molecule has 0 bridgehead atoms. The maximum absolute atomic E-state index is 13.2. The van der Waals surface area contributed by atoms with Gasteiger partial charge >= 0.3 is 0 Å². The molecule has 2 aromatic carbocycles. The van der Waals surface area contributed by atoms with Crippen LogP contribution in [0.15, 0.2) is 48.5 Å². The van der Waals surface area contributed by atoms with Crippen LogP contribution < -0.4 is 15.4 Å². The van der Waals surface area contributed by atoms with Gasteiger partial charge in [-0.1, -0.05) is 30.3 Å². The summed E-state index contributed by atoms with van der Waals surface area (Å²) in [5.41, 5.74) is 1.94. The van der Waals surface area contributed by atoms with Gasteiger partial charge in [-0.2, -0.15) is 0 Å². The van der Waals surface area contributed by atoms with E-state index < -0.39 is 6.10 Å². The highest BCUT2D eigenvalue weighted by molar-refractivity contribution is 5.83. The lowest BCUT2D eigenvalue weighted by Gasteiger charge is -2.29. The molecule has 0 saturated heterocycles. The van der Waals surface area contributed by atoms with Crippen molar-refractivity contribution in [3.05, 3.63) is 65.5 Å². The Kier molecular flexibility index (Phi) is 6.31. The smallest absolute Gasteiger partial charge is 0.261 e. The van der Waals surface area contributed by atoms with Gasteiger partial charge in [-0.05, 0) is 61.4 Å². The minimum Gasteiger partial charge on any atom is -0.480 e. The van der Waals surface area contributed by atoms with Crippen LogP contribution in [-0.4, -0.2) is 30.5 Å². The summed E-state index contributed by atoms with van der Waals surface area (Å²) in [5, 5.41) is 6.06. The van der Waals surface area contributed by atoms with Gasteiger partial charge in [-0.25, -0.2) is 4.39 Å². The molecule has 30 heavy (non-hydrogen) atoms. The highest BCUT2D eigenvalue weighted by Crippen LogP contribution is 2.29. The second-order valence-electron chi connectivity index (χ2n) is 8.15. The Morgan fingerprint density at radius 2 is 1.80 bits per heavy atom. The second kappa shape index (κ2) is 9.28. The van der Waals surface area contributed by atoms with Crippen molar-refractivity contribution < 1.29 is 18.7 Å². The number of hydrogen-bond donors (Lipinski definition) is 2. The van der Waals surface area contributed by atoms with Crippen LogP contribution in [0.4, 0.5) is 4.39 Å². The average Bonchev–Trinajstić information content (AvgIpc) is 3.19. The molecular formula is C24H27FN2O3. The zero-order valence-corrected chi connectivity index (χ0v) is 16.9.